The Hall–Kier alpha value is -0.910. The number of hydrogen-bond donors (Lipinski definition) is 1. The maximum atomic E-state index is 6.11. The summed E-state index contributed by atoms with van der Waals surface area (Å²) < 4.78 is 13.7. The maximum absolute atomic E-state index is 6.11. The molecule has 2 fully saturated rings. The van der Waals surface area contributed by atoms with Crippen LogP contribution < -0.4 is 5.32 Å². The Balaban J connectivity index is 1.63. The van der Waals surface area contributed by atoms with Crippen LogP contribution in [0.25, 0.3) is 0 Å². The van der Waals surface area contributed by atoms with Crippen molar-refractivity contribution in [2.75, 3.05) is 19.8 Å². The molecule has 0 bridgehead atoms. The second kappa shape index (κ2) is 6.46. The molecule has 5 heteroatoms. The molecule has 1 unspecified atom stereocenters. The van der Waals surface area contributed by atoms with Crippen LogP contribution in [0.4, 0.5) is 0 Å². The van der Waals surface area contributed by atoms with E-state index in [0.717, 1.165) is 52.0 Å². The molecule has 1 atom stereocenters. The minimum absolute atomic E-state index is 0.0312. The lowest BCUT2D eigenvalue weighted by Crippen LogP contribution is -2.44. The minimum Gasteiger partial charge on any atom is -0.381 e. The number of aromatic nitrogens is 2. The molecule has 0 aliphatic carbocycles. The van der Waals surface area contributed by atoms with Crippen molar-refractivity contribution in [2.45, 2.75) is 63.8 Å². The zero-order valence-corrected chi connectivity index (χ0v) is 13.2. The Morgan fingerprint density at radius 3 is 2.95 bits per heavy atom. The van der Waals surface area contributed by atoms with Crippen LogP contribution in [0.2, 0.25) is 0 Å². The highest BCUT2D eigenvalue weighted by molar-refractivity contribution is 5.05. The van der Waals surface area contributed by atoms with Gasteiger partial charge in [-0.25, -0.2) is 0 Å². The fourth-order valence-electron chi connectivity index (χ4n) is 3.31. The van der Waals surface area contributed by atoms with E-state index in [-0.39, 0.29) is 5.60 Å². The zero-order valence-electron chi connectivity index (χ0n) is 13.2. The lowest BCUT2D eigenvalue weighted by Gasteiger charge is -2.43. The normalized spacial score (nSPS) is 25.6. The molecule has 21 heavy (non-hydrogen) atoms. The molecule has 3 heterocycles. The van der Waals surface area contributed by atoms with Gasteiger partial charge in [-0.1, -0.05) is 13.8 Å². The summed E-state index contributed by atoms with van der Waals surface area (Å²) in [6.45, 7) is 7.71. The minimum atomic E-state index is 0.0312. The zero-order chi connectivity index (χ0) is 14.7. The van der Waals surface area contributed by atoms with Crippen molar-refractivity contribution in [2.24, 2.45) is 0 Å². The molecule has 0 amide bonds. The Morgan fingerprint density at radius 2 is 2.19 bits per heavy atom. The van der Waals surface area contributed by atoms with Gasteiger partial charge in [0, 0.05) is 44.2 Å². The first-order valence-corrected chi connectivity index (χ1v) is 8.15. The lowest BCUT2D eigenvalue weighted by molar-refractivity contribution is -0.145. The third-order valence-electron chi connectivity index (χ3n) is 4.61. The van der Waals surface area contributed by atoms with Gasteiger partial charge in [-0.05, 0) is 25.7 Å². The molecular weight excluding hydrogens is 266 g/mol. The Kier molecular flexibility index (Phi) is 4.62. The quantitative estimate of drug-likeness (QED) is 0.925. The molecule has 0 aromatic carbocycles. The smallest absolute Gasteiger partial charge is 0.0746 e. The molecule has 1 aromatic rings. The van der Waals surface area contributed by atoms with Gasteiger partial charge in [0.2, 0.25) is 0 Å². The summed E-state index contributed by atoms with van der Waals surface area (Å²) in [6, 6.07) is 0.964. The third kappa shape index (κ3) is 3.65. The number of rotatable bonds is 4. The van der Waals surface area contributed by atoms with E-state index >= 15 is 0 Å². The molecule has 3 rings (SSSR count). The first kappa shape index (κ1) is 15.0. The Bertz CT molecular complexity index is 447. The van der Waals surface area contributed by atoms with Gasteiger partial charge < -0.3 is 14.8 Å². The Morgan fingerprint density at radius 1 is 1.38 bits per heavy atom. The van der Waals surface area contributed by atoms with E-state index in [2.05, 4.69) is 35.1 Å². The molecule has 2 aliphatic rings. The summed E-state index contributed by atoms with van der Waals surface area (Å²) in [5.74, 6) is 0. The molecule has 1 N–H and O–H groups in total. The molecule has 0 saturated carbocycles. The molecule has 118 valence electrons. The molecule has 1 spiro atoms. The van der Waals surface area contributed by atoms with Crippen molar-refractivity contribution in [1.29, 1.82) is 0 Å². The summed E-state index contributed by atoms with van der Waals surface area (Å²) in [6.07, 6.45) is 8.34. The third-order valence-corrected chi connectivity index (χ3v) is 4.61. The van der Waals surface area contributed by atoms with Crippen LogP contribution in [0.15, 0.2) is 12.4 Å². The average molecular weight is 293 g/mol. The highest BCUT2D eigenvalue weighted by atomic mass is 16.5. The van der Waals surface area contributed by atoms with Gasteiger partial charge in [0.25, 0.3) is 0 Å². The van der Waals surface area contributed by atoms with Crippen LogP contribution in [-0.4, -0.2) is 41.2 Å². The number of ether oxygens (including phenoxy) is 2. The summed E-state index contributed by atoms with van der Waals surface area (Å²) in [5.41, 5.74) is 1.29. The predicted octanol–water partition coefficient (Wildman–Crippen LogP) is 2.28. The van der Waals surface area contributed by atoms with Gasteiger partial charge >= 0.3 is 0 Å². The van der Waals surface area contributed by atoms with E-state index in [0.29, 0.717) is 12.1 Å². The number of nitrogens with one attached hydrogen (secondary N) is 1. The van der Waals surface area contributed by atoms with Crippen molar-refractivity contribution in [1.82, 2.24) is 15.1 Å². The van der Waals surface area contributed by atoms with Gasteiger partial charge in [-0.15, -0.1) is 0 Å². The molecule has 1 aromatic heterocycles. The van der Waals surface area contributed by atoms with Crippen LogP contribution in [0.3, 0.4) is 0 Å². The second-order valence-electron chi connectivity index (χ2n) is 6.65. The van der Waals surface area contributed by atoms with E-state index in [1.165, 1.54) is 5.56 Å². The first-order chi connectivity index (χ1) is 10.2. The first-order valence-electron chi connectivity index (χ1n) is 8.15. The van der Waals surface area contributed by atoms with Crippen molar-refractivity contribution < 1.29 is 9.47 Å². The van der Waals surface area contributed by atoms with Crippen LogP contribution >= 0.6 is 0 Å². The summed E-state index contributed by atoms with van der Waals surface area (Å²) in [5, 5.41) is 8.03. The highest BCUT2D eigenvalue weighted by Gasteiger charge is 2.39. The van der Waals surface area contributed by atoms with E-state index in [4.69, 9.17) is 9.47 Å². The van der Waals surface area contributed by atoms with Crippen LogP contribution in [0, 0.1) is 0 Å². The fourth-order valence-corrected chi connectivity index (χ4v) is 3.31. The van der Waals surface area contributed by atoms with Crippen molar-refractivity contribution in [3.63, 3.8) is 0 Å². The van der Waals surface area contributed by atoms with Crippen molar-refractivity contribution in [3.8, 4) is 0 Å². The highest BCUT2D eigenvalue weighted by Crippen LogP contribution is 2.38. The van der Waals surface area contributed by atoms with Gasteiger partial charge in [-0.3, -0.25) is 4.68 Å². The largest absolute Gasteiger partial charge is 0.381 e. The van der Waals surface area contributed by atoms with Gasteiger partial charge in [0.1, 0.15) is 0 Å². The van der Waals surface area contributed by atoms with E-state index in [9.17, 15) is 0 Å². The molecule has 0 radical (unpaired) electrons. The molecule has 2 saturated heterocycles. The van der Waals surface area contributed by atoms with Crippen LogP contribution in [-0.2, 0) is 16.0 Å². The van der Waals surface area contributed by atoms with Gasteiger partial charge in [0.05, 0.1) is 17.8 Å². The maximum Gasteiger partial charge on any atom is 0.0746 e. The SMILES string of the molecule is CC(C)NCc1cnn(C2CCOC3(CCOCC3)C2)c1. The standard InChI is InChI=1S/C16H27N3O2/c1-13(2)17-10-14-11-18-19(12-14)15-3-6-21-16(9-15)4-7-20-8-5-16/h11-13,15,17H,3-10H2,1-2H3. The molecular formula is C16H27N3O2. The van der Waals surface area contributed by atoms with E-state index < -0.39 is 0 Å². The van der Waals surface area contributed by atoms with Crippen molar-refractivity contribution >= 4 is 0 Å². The van der Waals surface area contributed by atoms with Gasteiger partial charge in [0.15, 0.2) is 0 Å². The average Bonchev–Trinajstić information content (AvgIpc) is 2.95. The summed E-state index contributed by atoms with van der Waals surface area (Å²) in [7, 11) is 0. The van der Waals surface area contributed by atoms with Crippen LogP contribution in [0.1, 0.15) is 51.1 Å². The van der Waals surface area contributed by atoms with E-state index in [1.54, 1.807) is 0 Å². The van der Waals surface area contributed by atoms with Crippen LogP contribution in [0.5, 0.6) is 0 Å². The van der Waals surface area contributed by atoms with Gasteiger partial charge in [-0.2, -0.15) is 5.10 Å². The predicted molar refractivity (Wildman–Crippen MR) is 81.2 cm³/mol. The summed E-state index contributed by atoms with van der Waals surface area (Å²) in [4.78, 5) is 0. The molecule has 2 aliphatic heterocycles. The fraction of sp³-hybridized carbons (Fsp3) is 0.812. The molecule has 5 nitrogen and oxygen atoms in total. The Labute approximate surface area is 127 Å². The number of hydrogen-bond acceptors (Lipinski definition) is 4. The van der Waals surface area contributed by atoms with E-state index in [1.807, 2.05) is 6.20 Å². The monoisotopic (exact) mass is 293 g/mol. The van der Waals surface area contributed by atoms with Crippen molar-refractivity contribution in [3.05, 3.63) is 18.0 Å². The lowest BCUT2D eigenvalue weighted by atomic mass is 9.84. The summed E-state index contributed by atoms with van der Waals surface area (Å²) >= 11 is 0. The second-order valence-corrected chi connectivity index (χ2v) is 6.65. The topological polar surface area (TPSA) is 48.3 Å². The number of nitrogens with zero attached hydrogens (tertiary/aromatic N) is 2.